The maximum atomic E-state index is 12.0. The highest BCUT2D eigenvalue weighted by Gasteiger charge is 2.21. The maximum absolute atomic E-state index is 12.0. The lowest BCUT2D eigenvalue weighted by Gasteiger charge is -2.14. The number of pyridine rings is 2. The summed E-state index contributed by atoms with van der Waals surface area (Å²) in [6, 6.07) is 13.8. The van der Waals surface area contributed by atoms with Gasteiger partial charge in [-0.25, -0.2) is 5.01 Å². The molecule has 3 aromatic rings. The number of amides is 1. The molecule has 1 saturated heterocycles. The molecule has 0 atom stereocenters. The average molecular weight is 409 g/mol. The number of hydrogen-bond acceptors (Lipinski definition) is 4. The fraction of sp³-hybridized carbons (Fsp3) is 0.200. The first-order valence-corrected chi connectivity index (χ1v) is 9.32. The molecule has 1 aliphatic rings. The van der Waals surface area contributed by atoms with Crippen LogP contribution in [0.4, 0.5) is 0 Å². The lowest BCUT2D eigenvalue weighted by Crippen LogP contribution is -2.22. The molecule has 0 unspecified atom stereocenters. The Kier molecular flexibility index (Phi) is 4.75. The molecule has 1 amide bonds. The zero-order chi connectivity index (χ0) is 17.9. The molecule has 0 saturated carbocycles. The van der Waals surface area contributed by atoms with E-state index in [9.17, 15) is 4.79 Å². The Hall–Kier alpha value is -2.60. The second kappa shape index (κ2) is 7.33. The van der Waals surface area contributed by atoms with E-state index in [2.05, 4.69) is 37.1 Å². The summed E-state index contributed by atoms with van der Waals surface area (Å²) in [5, 5.41) is 7.30. The van der Waals surface area contributed by atoms with Gasteiger partial charge in [0.05, 0.1) is 16.9 Å². The van der Waals surface area contributed by atoms with Gasteiger partial charge in [0.1, 0.15) is 0 Å². The summed E-state index contributed by atoms with van der Waals surface area (Å²) in [4.78, 5) is 20.9. The number of carbonyl (C=O) groups excluding carboxylic acids is 1. The highest BCUT2D eigenvalue weighted by atomic mass is 79.9. The van der Waals surface area contributed by atoms with Crippen molar-refractivity contribution in [3.63, 3.8) is 0 Å². The van der Waals surface area contributed by atoms with Gasteiger partial charge in [-0.05, 0) is 48.4 Å². The lowest BCUT2D eigenvalue weighted by molar-refractivity contribution is -0.127. The summed E-state index contributed by atoms with van der Waals surface area (Å²) >= 11 is 3.53. The molecule has 0 radical (unpaired) electrons. The molecule has 0 N–H and O–H groups in total. The van der Waals surface area contributed by atoms with Crippen LogP contribution in [0.3, 0.4) is 0 Å². The molecule has 0 spiro atoms. The fourth-order valence-corrected chi connectivity index (χ4v) is 3.47. The average Bonchev–Trinajstić information content (AvgIpc) is 3.07. The highest BCUT2D eigenvalue weighted by molar-refractivity contribution is 9.10. The minimum Gasteiger partial charge on any atom is -0.273 e. The third-order valence-corrected chi connectivity index (χ3v) is 4.90. The Morgan fingerprint density at radius 2 is 2.08 bits per heavy atom. The number of carbonyl (C=O) groups is 1. The number of benzene rings is 1. The monoisotopic (exact) mass is 408 g/mol. The van der Waals surface area contributed by atoms with Gasteiger partial charge in [0, 0.05) is 41.6 Å². The molecular weight excluding hydrogens is 392 g/mol. The summed E-state index contributed by atoms with van der Waals surface area (Å²) in [6.07, 6.45) is 5.55. The normalized spacial score (nSPS) is 15.0. The van der Waals surface area contributed by atoms with Crippen molar-refractivity contribution in [2.75, 3.05) is 6.54 Å². The van der Waals surface area contributed by atoms with Crippen molar-refractivity contribution in [2.24, 2.45) is 5.10 Å². The quantitative estimate of drug-likeness (QED) is 0.613. The number of halogens is 1. The van der Waals surface area contributed by atoms with E-state index >= 15 is 0 Å². The van der Waals surface area contributed by atoms with E-state index in [1.54, 1.807) is 11.2 Å². The largest absolute Gasteiger partial charge is 0.273 e. The molecule has 2 aromatic heterocycles. The second-order valence-corrected chi connectivity index (χ2v) is 7.11. The van der Waals surface area contributed by atoms with Crippen molar-refractivity contribution < 1.29 is 4.79 Å². The number of fused-ring (bicyclic) bond motifs is 1. The van der Waals surface area contributed by atoms with E-state index in [1.807, 2.05) is 42.6 Å². The van der Waals surface area contributed by atoms with Crippen LogP contribution in [0.1, 0.15) is 24.1 Å². The van der Waals surface area contributed by atoms with Gasteiger partial charge in [0.25, 0.3) is 0 Å². The van der Waals surface area contributed by atoms with E-state index in [0.717, 1.165) is 38.8 Å². The van der Waals surface area contributed by atoms with Gasteiger partial charge in [-0.3, -0.25) is 14.8 Å². The van der Waals surface area contributed by atoms with Crippen LogP contribution < -0.4 is 0 Å². The van der Waals surface area contributed by atoms with E-state index in [4.69, 9.17) is 0 Å². The van der Waals surface area contributed by atoms with Gasteiger partial charge < -0.3 is 0 Å². The lowest BCUT2D eigenvalue weighted by atomic mass is 10.0. The molecule has 3 heterocycles. The number of rotatable bonds is 4. The zero-order valence-corrected chi connectivity index (χ0v) is 15.7. The van der Waals surface area contributed by atoms with Crippen molar-refractivity contribution >= 4 is 38.5 Å². The number of aromatic nitrogens is 2. The number of nitrogens with zero attached hydrogens (tertiary/aromatic N) is 4. The zero-order valence-electron chi connectivity index (χ0n) is 14.1. The third kappa shape index (κ3) is 3.51. The first kappa shape index (κ1) is 16.8. The van der Waals surface area contributed by atoms with Crippen molar-refractivity contribution in [1.29, 1.82) is 0 Å². The molecule has 0 bridgehead atoms. The minimum absolute atomic E-state index is 0.0701. The van der Waals surface area contributed by atoms with Crippen LogP contribution in [0, 0.1) is 0 Å². The van der Waals surface area contributed by atoms with Crippen LogP contribution in [0.15, 0.2) is 64.4 Å². The smallest absolute Gasteiger partial charge is 0.242 e. The van der Waals surface area contributed by atoms with Gasteiger partial charge in [-0.2, -0.15) is 5.10 Å². The first-order chi connectivity index (χ1) is 12.7. The molecule has 0 aliphatic carbocycles. The predicted octanol–water partition coefficient (Wildman–Crippen LogP) is 3.96. The first-order valence-electron chi connectivity index (χ1n) is 8.53. The molecule has 6 heteroatoms. The molecule has 1 fully saturated rings. The number of hydrogen-bond donors (Lipinski definition) is 0. The molecule has 130 valence electrons. The third-order valence-electron chi connectivity index (χ3n) is 4.40. The van der Waals surface area contributed by atoms with Crippen molar-refractivity contribution in [3.05, 3.63) is 70.6 Å². The van der Waals surface area contributed by atoms with E-state index in [-0.39, 0.29) is 5.91 Å². The fourth-order valence-electron chi connectivity index (χ4n) is 3.11. The van der Waals surface area contributed by atoms with Gasteiger partial charge >= 0.3 is 0 Å². The standard InChI is InChI=1S/C20H17BrN4O/c21-15-6-7-17-16(13-15)14(8-10-23-17)12-19(18-4-1-2-9-22-18)24-25-11-3-5-20(25)26/h1-2,4,6-10,13H,3,5,11-12H2/b24-19-. The number of hydrazone groups is 1. The van der Waals surface area contributed by atoms with Gasteiger partial charge in [-0.1, -0.05) is 22.0 Å². The van der Waals surface area contributed by atoms with E-state index in [1.165, 1.54) is 0 Å². The van der Waals surface area contributed by atoms with Gasteiger partial charge in [-0.15, -0.1) is 0 Å². The van der Waals surface area contributed by atoms with E-state index in [0.29, 0.717) is 19.4 Å². The minimum atomic E-state index is 0.0701. The molecule has 1 aliphatic heterocycles. The molecule has 5 nitrogen and oxygen atoms in total. The van der Waals surface area contributed by atoms with Crippen LogP contribution >= 0.6 is 15.9 Å². The molecular formula is C20H17BrN4O. The topological polar surface area (TPSA) is 58.5 Å². The summed E-state index contributed by atoms with van der Waals surface area (Å²) in [7, 11) is 0. The summed E-state index contributed by atoms with van der Waals surface area (Å²) in [5.41, 5.74) is 3.61. The van der Waals surface area contributed by atoms with Crippen LogP contribution in [0.5, 0.6) is 0 Å². The van der Waals surface area contributed by atoms with Crippen LogP contribution in [0.2, 0.25) is 0 Å². The Labute approximate surface area is 159 Å². The summed E-state index contributed by atoms with van der Waals surface area (Å²) < 4.78 is 1.00. The van der Waals surface area contributed by atoms with Crippen molar-refractivity contribution in [1.82, 2.24) is 15.0 Å². The maximum Gasteiger partial charge on any atom is 0.242 e. The predicted molar refractivity (Wildman–Crippen MR) is 105 cm³/mol. The van der Waals surface area contributed by atoms with Crippen LogP contribution in [-0.4, -0.2) is 33.1 Å². The Morgan fingerprint density at radius 1 is 1.15 bits per heavy atom. The summed E-state index contributed by atoms with van der Waals surface area (Å²) in [6.45, 7) is 0.664. The Bertz CT molecular complexity index is 988. The molecule has 4 rings (SSSR count). The molecule has 1 aromatic carbocycles. The Morgan fingerprint density at radius 3 is 2.85 bits per heavy atom. The van der Waals surface area contributed by atoms with Gasteiger partial charge in [0.15, 0.2) is 0 Å². The van der Waals surface area contributed by atoms with Gasteiger partial charge in [0.2, 0.25) is 5.91 Å². The van der Waals surface area contributed by atoms with Crippen molar-refractivity contribution in [2.45, 2.75) is 19.3 Å². The molecule has 26 heavy (non-hydrogen) atoms. The van der Waals surface area contributed by atoms with Crippen LogP contribution in [-0.2, 0) is 11.2 Å². The van der Waals surface area contributed by atoms with Crippen molar-refractivity contribution in [3.8, 4) is 0 Å². The SMILES string of the molecule is O=C1CCCN1/N=C(/Cc1ccnc2ccc(Br)cc12)c1ccccn1. The van der Waals surface area contributed by atoms with Crippen LogP contribution in [0.25, 0.3) is 10.9 Å². The second-order valence-electron chi connectivity index (χ2n) is 6.19. The summed E-state index contributed by atoms with van der Waals surface area (Å²) in [5.74, 6) is 0.0701. The highest BCUT2D eigenvalue weighted by Crippen LogP contribution is 2.23. The van der Waals surface area contributed by atoms with E-state index < -0.39 is 0 Å². The Balaban J connectivity index is 1.77.